The van der Waals surface area contributed by atoms with Crippen LogP contribution in [0.1, 0.15) is 25.3 Å². The van der Waals surface area contributed by atoms with E-state index < -0.39 is 0 Å². The van der Waals surface area contributed by atoms with Gasteiger partial charge in [0.2, 0.25) is 0 Å². The van der Waals surface area contributed by atoms with Crippen LogP contribution in [-0.4, -0.2) is 42.6 Å². The van der Waals surface area contributed by atoms with Gasteiger partial charge < -0.3 is 10.6 Å². The van der Waals surface area contributed by atoms with Gasteiger partial charge in [0.15, 0.2) is 0 Å². The van der Waals surface area contributed by atoms with Crippen molar-refractivity contribution in [3.05, 3.63) is 16.2 Å². The standard InChI is InChI=1S/C14H23BrN4/c1-4-19-7-5-6-11(19)9-18(3)14-13(15)10(2)12(16)8-17-14/h8,11H,4-7,9,16H2,1-3H3. The van der Waals surface area contributed by atoms with E-state index in [9.17, 15) is 0 Å². The van der Waals surface area contributed by atoms with Crippen LogP contribution in [0.15, 0.2) is 10.7 Å². The van der Waals surface area contributed by atoms with Crippen molar-refractivity contribution < 1.29 is 0 Å². The molecule has 106 valence electrons. The number of pyridine rings is 1. The molecule has 0 saturated carbocycles. The van der Waals surface area contributed by atoms with Gasteiger partial charge in [0.1, 0.15) is 5.82 Å². The van der Waals surface area contributed by atoms with Gasteiger partial charge >= 0.3 is 0 Å². The first-order valence-corrected chi connectivity index (χ1v) is 7.69. The second-order valence-corrected chi connectivity index (χ2v) is 6.07. The molecule has 1 unspecified atom stereocenters. The highest BCUT2D eigenvalue weighted by atomic mass is 79.9. The number of halogens is 1. The van der Waals surface area contributed by atoms with Gasteiger partial charge in [-0.05, 0) is 54.3 Å². The summed E-state index contributed by atoms with van der Waals surface area (Å²) in [6.07, 6.45) is 4.34. The van der Waals surface area contributed by atoms with E-state index in [1.807, 2.05) is 6.92 Å². The molecule has 1 aliphatic rings. The number of aromatic nitrogens is 1. The summed E-state index contributed by atoms with van der Waals surface area (Å²) in [6.45, 7) is 7.63. The highest BCUT2D eigenvalue weighted by Gasteiger charge is 2.25. The Morgan fingerprint density at radius 3 is 3.00 bits per heavy atom. The third-order valence-electron chi connectivity index (χ3n) is 4.04. The second kappa shape index (κ2) is 6.09. The van der Waals surface area contributed by atoms with E-state index in [0.717, 1.165) is 34.6 Å². The smallest absolute Gasteiger partial charge is 0.143 e. The number of hydrogen-bond acceptors (Lipinski definition) is 4. The van der Waals surface area contributed by atoms with Crippen LogP contribution < -0.4 is 10.6 Å². The average Bonchev–Trinajstić information content (AvgIpc) is 2.83. The third kappa shape index (κ3) is 3.03. The molecule has 5 heteroatoms. The zero-order valence-corrected chi connectivity index (χ0v) is 13.6. The molecule has 0 aliphatic carbocycles. The quantitative estimate of drug-likeness (QED) is 0.923. The first-order chi connectivity index (χ1) is 9.04. The molecule has 0 radical (unpaired) electrons. The minimum Gasteiger partial charge on any atom is -0.397 e. The Hall–Kier alpha value is -0.810. The van der Waals surface area contributed by atoms with Crippen LogP contribution in [0.25, 0.3) is 0 Å². The summed E-state index contributed by atoms with van der Waals surface area (Å²) in [5.74, 6) is 0.981. The van der Waals surface area contributed by atoms with Crippen molar-refractivity contribution in [3.63, 3.8) is 0 Å². The molecule has 4 nitrogen and oxygen atoms in total. The second-order valence-electron chi connectivity index (χ2n) is 5.28. The van der Waals surface area contributed by atoms with E-state index in [1.54, 1.807) is 6.20 Å². The Labute approximate surface area is 124 Å². The summed E-state index contributed by atoms with van der Waals surface area (Å²) in [5, 5.41) is 0. The first kappa shape index (κ1) is 14.6. The number of nitrogens with two attached hydrogens (primary N) is 1. The van der Waals surface area contributed by atoms with Crippen LogP contribution in [0.3, 0.4) is 0 Å². The molecule has 1 aromatic rings. The zero-order chi connectivity index (χ0) is 14.0. The summed E-state index contributed by atoms with van der Waals surface area (Å²) in [4.78, 5) is 9.25. The predicted octanol–water partition coefficient (Wildman–Crippen LogP) is 2.66. The Balaban J connectivity index is 2.12. The van der Waals surface area contributed by atoms with Crippen molar-refractivity contribution in [2.75, 3.05) is 37.3 Å². The number of nitrogens with zero attached hydrogens (tertiary/aromatic N) is 3. The van der Waals surface area contributed by atoms with Crippen LogP contribution in [0.2, 0.25) is 0 Å². The van der Waals surface area contributed by atoms with E-state index in [-0.39, 0.29) is 0 Å². The fourth-order valence-corrected chi connectivity index (χ4v) is 3.40. The lowest BCUT2D eigenvalue weighted by molar-refractivity contribution is 0.270. The van der Waals surface area contributed by atoms with Gasteiger partial charge in [0, 0.05) is 19.6 Å². The lowest BCUT2D eigenvalue weighted by Crippen LogP contribution is -2.39. The molecule has 1 aliphatic heterocycles. The van der Waals surface area contributed by atoms with Gasteiger partial charge in [-0.15, -0.1) is 0 Å². The van der Waals surface area contributed by atoms with Crippen LogP contribution >= 0.6 is 15.9 Å². The van der Waals surface area contributed by atoms with Crippen molar-refractivity contribution in [1.82, 2.24) is 9.88 Å². The average molecular weight is 327 g/mol. The van der Waals surface area contributed by atoms with Crippen LogP contribution in [-0.2, 0) is 0 Å². The number of hydrogen-bond donors (Lipinski definition) is 1. The molecule has 0 aromatic carbocycles. The minimum atomic E-state index is 0.640. The summed E-state index contributed by atoms with van der Waals surface area (Å²) in [7, 11) is 2.11. The number of likely N-dealkylation sites (N-methyl/N-ethyl adjacent to an activating group) is 2. The van der Waals surface area contributed by atoms with Crippen molar-refractivity contribution in [1.29, 1.82) is 0 Å². The molecule has 0 amide bonds. The van der Waals surface area contributed by atoms with Gasteiger partial charge in [-0.2, -0.15) is 0 Å². The Morgan fingerprint density at radius 1 is 1.58 bits per heavy atom. The molecular formula is C14H23BrN4. The van der Waals surface area contributed by atoms with Crippen molar-refractivity contribution >= 4 is 27.4 Å². The van der Waals surface area contributed by atoms with Crippen molar-refractivity contribution in [2.45, 2.75) is 32.7 Å². The van der Waals surface area contributed by atoms with Gasteiger partial charge in [0.05, 0.1) is 16.4 Å². The van der Waals surface area contributed by atoms with Crippen LogP contribution in [0.4, 0.5) is 11.5 Å². The monoisotopic (exact) mass is 326 g/mol. The van der Waals surface area contributed by atoms with E-state index in [1.165, 1.54) is 19.4 Å². The Kier molecular flexibility index (Phi) is 4.68. The van der Waals surface area contributed by atoms with E-state index in [0.29, 0.717) is 6.04 Å². The number of likely N-dealkylation sites (tertiary alicyclic amines) is 1. The Bertz CT molecular complexity index is 449. The summed E-state index contributed by atoms with van der Waals surface area (Å²) >= 11 is 3.62. The minimum absolute atomic E-state index is 0.640. The molecule has 1 saturated heterocycles. The lowest BCUT2D eigenvalue weighted by Gasteiger charge is -2.29. The number of anilines is 2. The summed E-state index contributed by atoms with van der Waals surface area (Å²) in [6, 6.07) is 0.640. The molecular weight excluding hydrogens is 304 g/mol. The van der Waals surface area contributed by atoms with Crippen LogP contribution in [0, 0.1) is 6.92 Å². The normalized spacial score (nSPS) is 19.9. The molecule has 2 heterocycles. The van der Waals surface area contributed by atoms with Gasteiger partial charge in [-0.3, -0.25) is 4.90 Å². The summed E-state index contributed by atoms with van der Waals surface area (Å²) in [5.41, 5.74) is 7.68. The maximum absolute atomic E-state index is 5.88. The van der Waals surface area contributed by atoms with E-state index in [2.05, 4.69) is 44.7 Å². The predicted molar refractivity (Wildman–Crippen MR) is 84.6 cm³/mol. The topological polar surface area (TPSA) is 45.4 Å². The van der Waals surface area contributed by atoms with Crippen LogP contribution in [0.5, 0.6) is 0 Å². The number of nitrogen functional groups attached to an aromatic ring is 1. The molecule has 1 aromatic heterocycles. The maximum atomic E-state index is 5.88. The SMILES string of the molecule is CCN1CCCC1CN(C)c1ncc(N)c(C)c1Br. The van der Waals surface area contributed by atoms with E-state index >= 15 is 0 Å². The van der Waals surface area contributed by atoms with Crippen molar-refractivity contribution in [2.24, 2.45) is 0 Å². The molecule has 19 heavy (non-hydrogen) atoms. The Morgan fingerprint density at radius 2 is 2.32 bits per heavy atom. The molecule has 1 fully saturated rings. The fourth-order valence-electron chi connectivity index (χ4n) is 2.77. The highest BCUT2D eigenvalue weighted by molar-refractivity contribution is 9.10. The maximum Gasteiger partial charge on any atom is 0.143 e. The first-order valence-electron chi connectivity index (χ1n) is 6.90. The molecule has 2 N–H and O–H groups in total. The zero-order valence-electron chi connectivity index (χ0n) is 12.0. The van der Waals surface area contributed by atoms with Gasteiger partial charge in [0.25, 0.3) is 0 Å². The molecule has 2 rings (SSSR count). The molecule has 1 atom stereocenters. The lowest BCUT2D eigenvalue weighted by atomic mass is 10.2. The van der Waals surface area contributed by atoms with Gasteiger partial charge in [-0.1, -0.05) is 6.92 Å². The van der Waals surface area contributed by atoms with Crippen molar-refractivity contribution in [3.8, 4) is 0 Å². The summed E-state index contributed by atoms with van der Waals surface area (Å²) < 4.78 is 1.01. The molecule has 0 spiro atoms. The highest BCUT2D eigenvalue weighted by Crippen LogP contribution is 2.30. The third-order valence-corrected chi connectivity index (χ3v) is 4.99. The number of rotatable bonds is 4. The molecule has 0 bridgehead atoms. The van der Waals surface area contributed by atoms with E-state index in [4.69, 9.17) is 5.73 Å². The van der Waals surface area contributed by atoms with Gasteiger partial charge in [-0.25, -0.2) is 4.98 Å². The largest absolute Gasteiger partial charge is 0.397 e. The fraction of sp³-hybridized carbons (Fsp3) is 0.643.